The molecule has 0 aromatic heterocycles. The second kappa shape index (κ2) is 19.5. The summed E-state index contributed by atoms with van der Waals surface area (Å²) >= 11 is 4.55. The Kier molecular flexibility index (Phi) is 15.4. The van der Waals surface area contributed by atoms with Gasteiger partial charge in [0.25, 0.3) is 0 Å². The summed E-state index contributed by atoms with van der Waals surface area (Å²) in [4.78, 5) is 46.8. The van der Waals surface area contributed by atoms with Gasteiger partial charge in [-0.05, 0) is 173 Å². The van der Waals surface area contributed by atoms with E-state index in [4.69, 9.17) is 9.47 Å². The van der Waals surface area contributed by atoms with E-state index in [-0.39, 0.29) is 61.2 Å². The van der Waals surface area contributed by atoms with E-state index in [9.17, 15) is 5.11 Å². The van der Waals surface area contributed by atoms with Gasteiger partial charge < -0.3 is 14.6 Å². The monoisotopic (exact) mass is 1030 g/mol. The van der Waals surface area contributed by atoms with Crippen LogP contribution in [0.3, 0.4) is 0 Å². The molecule has 60 heavy (non-hydrogen) atoms. The number of ether oxygens (including phenoxy) is 2. The number of fused-ring (bicyclic) bond motifs is 2. The molecule has 0 heterocycles. The number of aliphatic hydroxyl groups excluding tert-OH is 1. The Morgan fingerprint density at radius 2 is 1.33 bits per heavy atom. The summed E-state index contributed by atoms with van der Waals surface area (Å²) in [5, 5.41) is 12.5. The zero-order chi connectivity index (χ0) is 44.2. The van der Waals surface area contributed by atoms with Crippen LogP contribution in [0.1, 0.15) is 111 Å². The highest BCUT2D eigenvalue weighted by Gasteiger charge is 2.74. The summed E-state index contributed by atoms with van der Waals surface area (Å²) in [5.41, 5.74) is 1.90. The van der Waals surface area contributed by atoms with Crippen molar-refractivity contribution < 1.29 is 29.0 Å². The SMILES string of the molecule is C=C(C)C(CC=C(C)C)CC12CC(CC=C(C)C)C(C)(C)C(CC=C(C)C)(C(=O)C(=C(O)c3ccc(OCc4ccccc4I)c(OCc4ccccc4I)c3)C1=O)C2=O. The molecular weight excluding hydrogens is 974 g/mol. The molecule has 3 aromatic carbocycles. The highest BCUT2D eigenvalue weighted by molar-refractivity contribution is 14.1. The summed E-state index contributed by atoms with van der Waals surface area (Å²) in [5.74, 6) is -1.61. The molecule has 8 heteroatoms. The second-order valence-electron chi connectivity index (χ2n) is 18.0. The number of aliphatic hydroxyl groups is 1. The van der Waals surface area contributed by atoms with Crippen molar-refractivity contribution in [2.75, 3.05) is 0 Å². The van der Waals surface area contributed by atoms with Crippen LogP contribution in [0.15, 0.2) is 119 Å². The lowest BCUT2D eigenvalue weighted by atomic mass is 9.38. The third-order valence-corrected chi connectivity index (χ3v) is 14.8. The van der Waals surface area contributed by atoms with Crippen LogP contribution in [-0.4, -0.2) is 22.5 Å². The van der Waals surface area contributed by atoms with Gasteiger partial charge in [0.05, 0.1) is 5.41 Å². The predicted octanol–water partition coefficient (Wildman–Crippen LogP) is 13.7. The van der Waals surface area contributed by atoms with Crippen LogP contribution in [-0.2, 0) is 27.6 Å². The lowest BCUT2D eigenvalue weighted by Crippen LogP contribution is -2.69. The summed E-state index contributed by atoms with van der Waals surface area (Å²) in [6.45, 7) is 22.8. The van der Waals surface area contributed by atoms with Crippen molar-refractivity contribution >= 4 is 68.3 Å². The number of benzene rings is 3. The highest BCUT2D eigenvalue weighted by atomic mass is 127. The number of ketones is 3. The zero-order valence-electron chi connectivity index (χ0n) is 36.6. The van der Waals surface area contributed by atoms with Crippen LogP contribution in [0.5, 0.6) is 11.5 Å². The van der Waals surface area contributed by atoms with Crippen molar-refractivity contribution in [2.24, 2.45) is 28.1 Å². The van der Waals surface area contributed by atoms with Gasteiger partial charge >= 0.3 is 0 Å². The average Bonchev–Trinajstić information content (AvgIpc) is 3.18. The Morgan fingerprint density at radius 3 is 1.87 bits per heavy atom. The van der Waals surface area contributed by atoms with E-state index in [2.05, 4.69) is 63.9 Å². The molecule has 318 valence electrons. The van der Waals surface area contributed by atoms with E-state index in [1.807, 2.05) is 117 Å². The number of carbonyl (C=O) groups excluding carboxylic acids is 3. The fraction of sp³-hybridized carbons (Fsp3) is 0.404. The van der Waals surface area contributed by atoms with E-state index in [1.54, 1.807) is 18.2 Å². The van der Waals surface area contributed by atoms with Crippen LogP contribution in [0.2, 0.25) is 0 Å². The predicted molar refractivity (Wildman–Crippen MR) is 260 cm³/mol. The Bertz CT molecular complexity index is 2280. The van der Waals surface area contributed by atoms with E-state index < -0.39 is 33.6 Å². The van der Waals surface area contributed by atoms with Gasteiger partial charge in [0.2, 0.25) is 0 Å². The molecule has 2 aliphatic carbocycles. The van der Waals surface area contributed by atoms with Crippen molar-refractivity contribution in [3.05, 3.63) is 143 Å². The number of carbonyl (C=O) groups is 3. The molecule has 0 radical (unpaired) electrons. The minimum atomic E-state index is -1.62. The maximum Gasteiger partial charge on any atom is 0.184 e. The first-order valence-corrected chi connectivity index (χ1v) is 22.9. The first-order valence-electron chi connectivity index (χ1n) is 20.8. The number of hydrogen-bond acceptors (Lipinski definition) is 6. The lowest BCUT2D eigenvalue weighted by Gasteiger charge is -2.60. The van der Waals surface area contributed by atoms with Gasteiger partial charge in [0.15, 0.2) is 28.8 Å². The molecule has 2 bridgehead atoms. The van der Waals surface area contributed by atoms with E-state index in [1.165, 1.54) is 0 Å². The summed E-state index contributed by atoms with van der Waals surface area (Å²) in [6, 6.07) is 20.9. The van der Waals surface area contributed by atoms with Gasteiger partial charge in [-0.2, -0.15) is 0 Å². The number of rotatable bonds is 16. The molecule has 0 aliphatic heterocycles. The van der Waals surface area contributed by atoms with Gasteiger partial charge in [-0.15, -0.1) is 0 Å². The first kappa shape index (κ1) is 47.3. The minimum absolute atomic E-state index is 0.123. The fourth-order valence-corrected chi connectivity index (χ4v) is 9.93. The Labute approximate surface area is 385 Å². The number of hydrogen-bond donors (Lipinski definition) is 1. The second-order valence-corrected chi connectivity index (χ2v) is 20.3. The van der Waals surface area contributed by atoms with Gasteiger partial charge in [0, 0.05) is 23.8 Å². The highest BCUT2D eigenvalue weighted by Crippen LogP contribution is 2.66. The standard InChI is InChI=1S/C52H60I2O6/c1-32(2)19-21-37(35(7)8)28-51-29-40(23-20-33(3)4)50(9,10)52(49(51)58,26-25-34(5)6)48(57)45(47(51)56)46(55)36-22-24-43(59-30-38-15-11-13-17-41(38)53)44(27-36)60-31-39-16-12-14-18-42(39)54/h11-20,22,24-25,27,37,40,55H,7,21,23,26,28-31H2,1-6,8-10H3. The molecule has 4 atom stereocenters. The Balaban J connectivity index is 1.74. The van der Waals surface area contributed by atoms with Crippen LogP contribution in [0.4, 0.5) is 0 Å². The number of allylic oxidation sites excluding steroid dienone is 8. The molecular formula is C52H60I2O6. The largest absolute Gasteiger partial charge is 0.506 e. The molecule has 2 fully saturated rings. The van der Waals surface area contributed by atoms with Gasteiger partial charge in [0.1, 0.15) is 30.0 Å². The zero-order valence-corrected chi connectivity index (χ0v) is 41.0. The van der Waals surface area contributed by atoms with Crippen LogP contribution in [0.25, 0.3) is 5.76 Å². The van der Waals surface area contributed by atoms with E-state index >= 15 is 14.4 Å². The summed E-state index contributed by atoms with van der Waals surface area (Å²) in [6.07, 6.45) is 8.02. The molecule has 2 aliphatic rings. The Hall–Kier alpha value is -3.77. The molecule has 4 unspecified atom stereocenters. The van der Waals surface area contributed by atoms with E-state index in [0.717, 1.165) is 40.6 Å². The normalized spacial score (nSPS) is 22.1. The van der Waals surface area contributed by atoms with E-state index in [0.29, 0.717) is 24.3 Å². The van der Waals surface area contributed by atoms with Crippen LogP contribution in [0, 0.1) is 35.2 Å². The molecule has 1 N–H and O–H groups in total. The molecule has 5 rings (SSSR count). The van der Waals surface area contributed by atoms with Crippen LogP contribution < -0.4 is 9.47 Å². The third-order valence-electron chi connectivity index (χ3n) is 12.7. The lowest BCUT2D eigenvalue weighted by molar-refractivity contribution is -0.177. The maximum atomic E-state index is 15.7. The summed E-state index contributed by atoms with van der Waals surface area (Å²) < 4.78 is 14.9. The van der Waals surface area contributed by atoms with Crippen molar-refractivity contribution in [3.8, 4) is 11.5 Å². The van der Waals surface area contributed by atoms with Gasteiger partial charge in [-0.1, -0.05) is 97.3 Å². The first-order chi connectivity index (χ1) is 28.3. The quantitative estimate of drug-likeness (QED) is 0.0384. The molecule has 2 saturated carbocycles. The van der Waals surface area contributed by atoms with Crippen molar-refractivity contribution in [1.82, 2.24) is 0 Å². The minimum Gasteiger partial charge on any atom is -0.506 e. The van der Waals surface area contributed by atoms with Crippen molar-refractivity contribution in [2.45, 2.75) is 108 Å². The molecule has 0 saturated heterocycles. The third kappa shape index (κ3) is 9.64. The van der Waals surface area contributed by atoms with Crippen molar-refractivity contribution in [3.63, 3.8) is 0 Å². The Morgan fingerprint density at radius 1 is 0.783 bits per heavy atom. The summed E-state index contributed by atoms with van der Waals surface area (Å²) in [7, 11) is 0. The van der Waals surface area contributed by atoms with Gasteiger partial charge in [-0.25, -0.2) is 0 Å². The fourth-order valence-electron chi connectivity index (χ4n) is 8.84. The van der Waals surface area contributed by atoms with Crippen molar-refractivity contribution in [1.29, 1.82) is 0 Å². The maximum absolute atomic E-state index is 15.7. The molecule has 6 nitrogen and oxygen atoms in total. The van der Waals surface area contributed by atoms with Crippen LogP contribution >= 0.6 is 45.2 Å². The smallest absolute Gasteiger partial charge is 0.184 e. The average molecular weight is 1030 g/mol. The van der Waals surface area contributed by atoms with Gasteiger partial charge in [-0.3, -0.25) is 14.4 Å². The molecule has 3 aromatic rings. The molecule has 0 spiro atoms. The molecule has 0 amide bonds. The number of halogens is 2. The topological polar surface area (TPSA) is 89.9 Å². The number of Topliss-reactive ketones (excluding diaryl/α,β-unsaturated/α-hetero) is 3.